The second-order valence-electron chi connectivity index (χ2n) is 11.2. The number of carbonyl (C=O) groups is 3. The number of fused-ring (bicyclic) bond motifs is 1. The molecule has 3 aromatic carbocycles. The average Bonchev–Trinajstić information content (AvgIpc) is 3.26. The number of anilines is 1. The third-order valence-corrected chi connectivity index (χ3v) is 9.22. The lowest BCUT2D eigenvalue weighted by molar-refractivity contribution is 0.0345. The molecule has 228 valence electrons. The summed E-state index contributed by atoms with van der Waals surface area (Å²) in [5.41, 5.74) is 4.45. The van der Waals surface area contributed by atoms with Crippen LogP contribution in [0, 0.1) is 0 Å². The maximum absolute atomic E-state index is 14.2. The number of para-hydroxylation sites is 1. The van der Waals surface area contributed by atoms with Gasteiger partial charge in [-0.3, -0.25) is 15.2 Å². The Kier molecular flexibility index (Phi) is 9.08. The molecule has 0 spiro atoms. The summed E-state index contributed by atoms with van der Waals surface area (Å²) < 4.78 is 39.2. The van der Waals surface area contributed by atoms with Crippen LogP contribution in [0.1, 0.15) is 72.5 Å². The quantitative estimate of drug-likeness (QED) is 0.321. The molecule has 2 amide bonds. The van der Waals surface area contributed by atoms with E-state index in [1.54, 1.807) is 25.8 Å². The number of esters is 1. The lowest BCUT2D eigenvalue weighted by Crippen LogP contribution is -2.45. The monoisotopic (exact) mass is 627 g/mol. The summed E-state index contributed by atoms with van der Waals surface area (Å²) >= 11 is 6.40. The minimum absolute atomic E-state index is 0.0223. The molecule has 0 bridgehead atoms. The van der Waals surface area contributed by atoms with Gasteiger partial charge in [-0.15, -0.1) is 0 Å². The van der Waals surface area contributed by atoms with E-state index < -0.39 is 44.5 Å². The van der Waals surface area contributed by atoms with Gasteiger partial charge in [0.05, 0.1) is 35.5 Å². The van der Waals surface area contributed by atoms with Crippen molar-refractivity contribution >= 4 is 45.3 Å². The smallest absolute Gasteiger partial charge is 0.424 e. The molecule has 1 aliphatic heterocycles. The fourth-order valence-corrected chi connectivity index (χ4v) is 6.76. The van der Waals surface area contributed by atoms with Crippen molar-refractivity contribution in [3.63, 3.8) is 0 Å². The van der Waals surface area contributed by atoms with E-state index in [2.05, 4.69) is 5.43 Å². The first-order chi connectivity index (χ1) is 20.1. The molecule has 10 nitrogen and oxygen atoms in total. The van der Waals surface area contributed by atoms with Crippen molar-refractivity contribution < 1.29 is 32.3 Å². The number of nitrogens with zero attached hydrogens (tertiary/aromatic N) is 2. The predicted octanol–water partition coefficient (Wildman–Crippen LogP) is 5.91. The number of carbonyl (C=O) groups excluding carboxylic acids is 3. The molecule has 0 radical (unpaired) electrons. The standard InChI is InChI=1S/C31H34ClN3O7S/c1-19-17-23-9-7-8-10-26(23)34(19)33-28(36)24-15-16-25(32)27(18-24)43(39,40)35(30(38)42-31(3,4)5)20(2)21-11-13-22(14-12-21)29(37)41-6/h7-16,18-20H,17H2,1-6H3,(H,33,36). The molecular formula is C31H34ClN3O7S. The lowest BCUT2D eigenvalue weighted by atomic mass is 10.1. The minimum atomic E-state index is -4.68. The number of halogens is 1. The van der Waals surface area contributed by atoms with Gasteiger partial charge in [0.25, 0.3) is 15.9 Å². The van der Waals surface area contributed by atoms with Crippen LogP contribution >= 0.6 is 11.6 Å². The highest BCUT2D eigenvalue weighted by Crippen LogP contribution is 2.34. The first kappa shape index (κ1) is 31.8. The van der Waals surface area contributed by atoms with E-state index >= 15 is 0 Å². The first-order valence-electron chi connectivity index (χ1n) is 13.6. The zero-order chi connectivity index (χ0) is 31.7. The molecule has 2 atom stereocenters. The van der Waals surface area contributed by atoms with Gasteiger partial charge in [0, 0.05) is 5.56 Å². The second-order valence-corrected chi connectivity index (χ2v) is 13.4. The van der Waals surface area contributed by atoms with Crippen LogP contribution in [0.5, 0.6) is 0 Å². The predicted molar refractivity (Wildman–Crippen MR) is 162 cm³/mol. The van der Waals surface area contributed by atoms with Crippen molar-refractivity contribution in [1.29, 1.82) is 0 Å². The van der Waals surface area contributed by atoms with Crippen molar-refractivity contribution in [3.05, 3.63) is 94.0 Å². The number of nitrogens with one attached hydrogen (secondary N) is 1. The van der Waals surface area contributed by atoms with E-state index in [9.17, 15) is 22.8 Å². The Hall–Kier alpha value is -4.09. The van der Waals surface area contributed by atoms with Gasteiger partial charge in [-0.05, 0) is 88.6 Å². The van der Waals surface area contributed by atoms with Crippen LogP contribution in [0.3, 0.4) is 0 Å². The van der Waals surface area contributed by atoms with Crippen LogP contribution in [0.15, 0.2) is 71.6 Å². The average molecular weight is 628 g/mol. The van der Waals surface area contributed by atoms with Crippen LogP contribution in [0.4, 0.5) is 10.5 Å². The van der Waals surface area contributed by atoms with E-state index in [4.69, 9.17) is 21.1 Å². The van der Waals surface area contributed by atoms with Crippen LogP contribution in [0.2, 0.25) is 5.02 Å². The first-order valence-corrected chi connectivity index (χ1v) is 15.4. The normalized spacial score (nSPS) is 15.3. The summed E-state index contributed by atoms with van der Waals surface area (Å²) in [6.07, 6.45) is -0.398. The number of hydrazine groups is 1. The molecule has 12 heteroatoms. The molecule has 1 N–H and O–H groups in total. The number of methoxy groups -OCH3 is 1. The Bertz CT molecular complexity index is 1650. The van der Waals surface area contributed by atoms with Gasteiger partial charge >= 0.3 is 12.1 Å². The molecule has 1 aliphatic rings. The van der Waals surface area contributed by atoms with Gasteiger partial charge in [0.15, 0.2) is 0 Å². The molecule has 0 saturated carbocycles. The third kappa shape index (κ3) is 6.78. The highest BCUT2D eigenvalue weighted by molar-refractivity contribution is 7.89. The number of hydrogen-bond donors (Lipinski definition) is 1. The largest absolute Gasteiger partial charge is 0.465 e. The summed E-state index contributed by atoms with van der Waals surface area (Å²) in [6.45, 7) is 8.31. The van der Waals surface area contributed by atoms with Crippen LogP contribution in [0.25, 0.3) is 0 Å². The number of rotatable bonds is 7. The van der Waals surface area contributed by atoms with Crippen molar-refractivity contribution in [1.82, 2.24) is 9.73 Å². The summed E-state index contributed by atoms with van der Waals surface area (Å²) in [5.74, 6) is -1.11. The molecule has 0 aliphatic carbocycles. The molecule has 0 fully saturated rings. The summed E-state index contributed by atoms with van der Waals surface area (Å²) in [6, 6.07) is 16.4. The van der Waals surface area contributed by atoms with Crippen LogP contribution < -0.4 is 10.4 Å². The number of benzene rings is 3. The molecule has 0 aromatic heterocycles. The lowest BCUT2D eigenvalue weighted by Gasteiger charge is -2.31. The van der Waals surface area contributed by atoms with Gasteiger partial charge < -0.3 is 9.47 Å². The topological polar surface area (TPSA) is 122 Å². The highest BCUT2D eigenvalue weighted by atomic mass is 35.5. The Balaban J connectivity index is 1.71. The van der Waals surface area contributed by atoms with E-state index in [0.717, 1.165) is 23.7 Å². The Morgan fingerprint density at radius 1 is 1.02 bits per heavy atom. The summed E-state index contributed by atoms with van der Waals surface area (Å²) in [5, 5.41) is 1.56. The summed E-state index contributed by atoms with van der Waals surface area (Å²) in [7, 11) is -3.43. The van der Waals surface area contributed by atoms with Gasteiger partial charge in [0.1, 0.15) is 10.5 Å². The summed E-state index contributed by atoms with van der Waals surface area (Å²) in [4.78, 5) is 38.3. The minimum Gasteiger partial charge on any atom is -0.465 e. The van der Waals surface area contributed by atoms with Gasteiger partial charge in [0.2, 0.25) is 0 Å². The van der Waals surface area contributed by atoms with Crippen molar-refractivity contribution in [3.8, 4) is 0 Å². The molecule has 0 saturated heterocycles. The van der Waals surface area contributed by atoms with E-state index in [1.807, 2.05) is 31.2 Å². The van der Waals surface area contributed by atoms with Crippen LogP contribution in [-0.2, 0) is 25.9 Å². The fourth-order valence-electron chi connectivity index (χ4n) is 4.78. The van der Waals surface area contributed by atoms with Crippen molar-refractivity contribution in [2.75, 3.05) is 12.1 Å². The molecule has 43 heavy (non-hydrogen) atoms. The number of hydrogen-bond acceptors (Lipinski definition) is 8. The van der Waals surface area contributed by atoms with E-state index in [-0.39, 0.29) is 22.2 Å². The number of amides is 2. The SMILES string of the molecule is COC(=O)c1ccc(C(C)N(C(=O)OC(C)(C)C)S(=O)(=O)c2cc(C(=O)NN3c4ccccc4CC3C)ccc2Cl)cc1. The van der Waals surface area contributed by atoms with Gasteiger partial charge in [-0.25, -0.2) is 18.0 Å². The second kappa shape index (κ2) is 12.3. The fraction of sp³-hybridized carbons (Fsp3) is 0.323. The zero-order valence-electron chi connectivity index (χ0n) is 24.8. The number of ether oxygens (including phenoxy) is 2. The third-order valence-electron chi connectivity index (χ3n) is 6.90. The zero-order valence-corrected chi connectivity index (χ0v) is 26.3. The molecule has 2 unspecified atom stereocenters. The Labute approximate surface area is 256 Å². The maximum Gasteiger partial charge on any atom is 0.424 e. The molecule has 4 rings (SSSR count). The molecular weight excluding hydrogens is 594 g/mol. The molecule has 3 aromatic rings. The Morgan fingerprint density at radius 3 is 2.28 bits per heavy atom. The van der Waals surface area contributed by atoms with E-state index in [1.165, 1.54) is 50.4 Å². The Morgan fingerprint density at radius 2 is 1.65 bits per heavy atom. The van der Waals surface area contributed by atoms with Gasteiger partial charge in [-0.1, -0.05) is 41.9 Å². The van der Waals surface area contributed by atoms with Crippen molar-refractivity contribution in [2.45, 2.75) is 63.6 Å². The van der Waals surface area contributed by atoms with E-state index in [0.29, 0.717) is 9.87 Å². The van der Waals surface area contributed by atoms with Gasteiger partial charge in [-0.2, -0.15) is 4.31 Å². The highest BCUT2D eigenvalue weighted by Gasteiger charge is 2.39. The number of sulfonamides is 1. The molecule has 1 heterocycles. The maximum atomic E-state index is 14.2. The van der Waals surface area contributed by atoms with Crippen molar-refractivity contribution in [2.24, 2.45) is 0 Å². The van der Waals surface area contributed by atoms with Crippen LogP contribution in [-0.4, -0.2) is 49.4 Å².